The van der Waals surface area contributed by atoms with Crippen LogP contribution < -0.4 is 0 Å². The van der Waals surface area contributed by atoms with Crippen LogP contribution in [0.1, 0.15) is 127 Å². The first-order chi connectivity index (χ1) is 16.0. The van der Waals surface area contributed by atoms with Crippen molar-refractivity contribution in [1.29, 1.82) is 0 Å². The predicted molar refractivity (Wildman–Crippen MR) is 142 cm³/mol. The normalized spacial score (nSPS) is 53.1. The molecule has 3 nitrogen and oxygen atoms in total. The smallest absolute Gasteiger partial charge is 0.302 e. The molecule has 0 aromatic heterocycles. The van der Waals surface area contributed by atoms with Crippen LogP contribution in [0.5, 0.6) is 0 Å². The van der Waals surface area contributed by atoms with Gasteiger partial charge in [-0.3, -0.25) is 4.79 Å². The first-order valence-electron chi connectivity index (χ1n) is 14.9. The Morgan fingerprint density at radius 1 is 0.800 bits per heavy atom. The van der Waals surface area contributed by atoms with Gasteiger partial charge in [-0.25, -0.2) is 0 Å². The van der Waals surface area contributed by atoms with Gasteiger partial charge in [-0.1, -0.05) is 41.5 Å². The molecule has 5 rings (SSSR count). The number of carbonyl (C=O) groups excluding carboxylic acids is 1. The zero-order valence-electron chi connectivity index (χ0n) is 24.3. The van der Waals surface area contributed by atoms with Crippen LogP contribution in [-0.2, 0) is 9.53 Å². The molecule has 0 aromatic rings. The van der Waals surface area contributed by atoms with Crippen LogP contribution in [0.4, 0.5) is 0 Å². The molecule has 0 amide bonds. The largest absolute Gasteiger partial charge is 0.462 e. The van der Waals surface area contributed by atoms with Crippen molar-refractivity contribution in [3.8, 4) is 0 Å². The standard InChI is InChI=1S/C32H54O3/c1-20(33)35-25-14-16-30(7)23(27(25,2)3)13-17-32(9)24(30)11-10-22-26-21(28(4,5)34)12-15-29(26,6)18-19-31(22,32)8/h21-26,34H,10-19H2,1-9H3/t21-,22?,23?,24?,25+,26?,29-,30+,31-,32-/m1/s1. The van der Waals surface area contributed by atoms with Crippen molar-refractivity contribution in [2.45, 2.75) is 138 Å². The van der Waals surface area contributed by atoms with Gasteiger partial charge in [-0.15, -0.1) is 0 Å². The van der Waals surface area contributed by atoms with Gasteiger partial charge in [0, 0.05) is 12.3 Å². The lowest BCUT2D eigenvalue weighted by Crippen LogP contribution is -2.67. The molecule has 3 heteroatoms. The van der Waals surface area contributed by atoms with Crippen molar-refractivity contribution in [3.05, 3.63) is 0 Å². The van der Waals surface area contributed by atoms with E-state index < -0.39 is 5.60 Å². The Morgan fingerprint density at radius 2 is 1.49 bits per heavy atom. The van der Waals surface area contributed by atoms with E-state index in [9.17, 15) is 9.90 Å². The highest BCUT2D eigenvalue weighted by Gasteiger charge is 2.71. The Balaban J connectivity index is 1.50. The molecule has 0 aliphatic heterocycles. The number of fused-ring (bicyclic) bond motifs is 7. The molecule has 0 bridgehead atoms. The fourth-order valence-corrected chi connectivity index (χ4v) is 12.1. The van der Waals surface area contributed by atoms with E-state index in [2.05, 4.69) is 55.4 Å². The molecule has 200 valence electrons. The summed E-state index contributed by atoms with van der Waals surface area (Å²) in [5, 5.41) is 11.2. The summed E-state index contributed by atoms with van der Waals surface area (Å²) < 4.78 is 5.91. The molecule has 0 heterocycles. The molecular weight excluding hydrogens is 432 g/mol. The zero-order valence-corrected chi connectivity index (χ0v) is 24.3. The highest BCUT2D eigenvalue weighted by atomic mass is 16.5. The Hall–Kier alpha value is -0.570. The Kier molecular flexibility index (Phi) is 5.76. The number of carbonyl (C=O) groups is 1. The molecule has 35 heavy (non-hydrogen) atoms. The molecular formula is C32H54O3. The summed E-state index contributed by atoms with van der Waals surface area (Å²) in [6, 6.07) is 0. The van der Waals surface area contributed by atoms with Crippen LogP contribution in [0.25, 0.3) is 0 Å². The van der Waals surface area contributed by atoms with Crippen LogP contribution in [0, 0.1) is 56.7 Å². The first-order valence-corrected chi connectivity index (χ1v) is 14.9. The number of esters is 1. The molecule has 10 atom stereocenters. The fraction of sp³-hybridized carbons (Fsp3) is 0.969. The number of aliphatic hydroxyl groups is 1. The summed E-state index contributed by atoms with van der Waals surface area (Å²) in [6.07, 6.45) is 12.7. The van der Waals surface area contributed by atoms with Crippen LogP contribution >= 0.6 is 0 Å². The zero-order chi connectivity index (χ0) is 25.8. The monoisotopic (exact) mass is 486 g/mol. The van der Waals surface area contributed by atoms with Gasteiger partial charge in [0.25, 0.3) is 0 Å². The van der Waals surface area contributed by atoms with E-state index >= 15 is 0 Å². The van der Waals surface area contributed by atoms with E-state index in [1.165, 1.54) is 57.8 Å². The second kappa shape index (κ2) is 7.73. The third-order valence-corrected chi connectivity index (χ3v) is 14.0. The minimum absolute atomic E-state index is 0.0281. The minimum atomic E-state index is -0.582. The van der Waals surface area contributed by atoms with Gasteiger partial charge in [-0.05, 0) is 129 Å². The molecule has 5 aliphatic carbocycles. The number of rotatable bonds is 2. The average Bonchev–Trinajstić information content (AvgIpc) is 3.09. The summed E-state index contributed by atoms with van der Waals surface area (Å²) >= 11 is 0. The molecule has 1 N–H and O–H groups in total. The van der Waals surface area contributed by atoms with Crippen molar-refractivity contribution >= 4 is 5.97 Å². The van der Waals surface area contributed by atoms with Crippen LogP contribution in [0.15, 0.2) is 0 Å². The van der Waals surface area contributed by atoms with Crippen molar-refractivity contribution in [2.24, 2.45) is 56.7 Å². The second-order valence-corrected chi connectivity index (χ2v) is 16.1. The van der Waals surface area contributed by atoms with E-state index in [0.717, 1.165) is 18.3 Å². The lowest BCUT2D eigenvalue weighted by atomic mass is 9.32. The van der Waals surface area contributed by atoms with E-state index in [1.54, 1.807) is 6.92 Å². The Labute approximate surface area is 215 Å². The van der Waals surface area contributed by atoms with Crippen LogP contribution in [0.2, 0.25) is 0 Å². The third kappa shape index (κ3) is 3.41. The van der Waals surface area contributed by atoms with Crippen molar-refractivity contribution in [3.63, 3.8) is 0 Å². The summed E-state index contributed by atoms with van der Waals surface area (Å²) in [6.45, 7) is 21.1. The van der Waals surface area contributed by atoms with Crippen molar-refractivity contribution < 1.29 is 14.6 Å². The maximum Gasteiger partial charge on any atom is 0.302 e. The van der Waals surface area contributed by atoms with Gasteiger partial charge < -0.3 is 9.84 Å². The Morgan fingerprint density at radius 3 is 2.11 bits per heavy atom. The molecule has 0 saturated heterocycles. The highest BCUT2D eigenvalue weighted by molar-refractivity contribution is 5.66. The topological polar surface area (TPSA) is 46.5 Å². The molecule has 5 aliphatic rings. The summed E-state index contributed by atoms with van der Waals surface area (Å²) in [4.78, 5) is 11.9. The summed E-state index contributed by atoms with van der Waals surface area (Å²) in [5.41, 5.74) is 0.857. The molecule has 0 aromatic carbocycles. The maximum atomic E-state index is 11.9. The molecule has 0 spiro atoms. The highest BCUT2D eigenvalue weighted by Crippen LogP contribution is 2.77. The molecule has 0 radical (unpaired) electrons. The SMILES string of the molecule is CC(=O)O[C@H]1CC[C@@]2(C)C(CC[C@]3(C)C2CCC2C4[C@H](C(C)(C)O)CC[C@]4(C)CC[C@]23C)C1(C)C. The van der Waals surface area contributed by atoms with Crippen molar-refractivity contribution in [2.75, 3.05) is 0 Å². The molecule has 5 saturated carbocycles. The van der Waals surface area contributed by atoms with Gasteiger partial charge in [0.1, 0.15) is 6.10 Å². The van der Waals surface area contributed by atoms with Gasteiger partial charge >= 0.3 is 5.97 Å². The second-order valence-electron chi connectivity index (χ2n) is 16.1. The quantitative estimate of drug-likeness (QED) is 0.405. The van der Waals surface area contributed by atoms with Crippen molar-refractivity contribution in [1.82, 2.24) is 0 Å². The predicted octanol–water partition coefficient (Wildman–Crippen LogP) is 7.79. The van der Waals surface area contributed by atoms with Gasteiger partial charge in [0.2, 0.25) is 0 Å². The van der Waals surface area contributed by atoms with E-state index in [4.69, 9.17) is 4.74 Å². The van der Waals surface area contributed by atoms with E-state index in [1.807, 2.05) is 0 Å². The maximum absolute atomic E-state index is 11.9. The lowest BCUT2D eigenvalue weighted by molar-refractivity contribution is -0.252. The van der Waals surface area contributed by atoms with Gasteiger partial charge in [0.15, 0.2) is 0 Å². The van der Waals surface area contributed by atoms with Gasteiger partial charge in [0.05, 0.1) is 5.60 Å². The van der Waals surface area contributed by atoms with Crippen LogP contribution in [0.3, 0.4) is 0 Å². The molecule has 4 unspecified atom stereocenters. The van der Waals surface area contributed by atoms with Crippen LogP contribution in [-0.4, -0.2) is 22.8 Å². The fourth-order valence-electron chi connectivity index (χ4n) is 12.1. The first kappa shape index (κ1) is 26.1. The van der Waals surface area contributed by atoms with E-state index in [-0.39, 0.29) is 17.5 Å². The average molecular weight is 487 g/mol. The summed E-state index contributed by atoms with van der Waals surface area (Å²) in [7, 11) is 0. The number of hydrogen-bond acceptors (Lipinski definition) is 3. The lowest BCUT2D eigenvalue weighted by Gasteiger charge is -2.73. The minimum Gasteiger partial charge on any atom is -0.462 e. The Bertz CT molecular complexity index is 871. The van der Waals surface area contributed by atoms with Gasteiger partial charge in [-0.2, -0.15) is 0 Å². The molecule has 5 fully saturated rings. The summed E-state index contributed by atoms with van der Waals surface area (Å²) in [5.74, 6) is 3.04. The third-order valence-electron chi connectivity index (χ3n) is 14.0. The van der Waals surface area contributed by atoms with E-state index in [0.29, 0.717) is 39.4 Å². The number of ether oxygens (including phenoxy) is 1. The number of hydrogen-bond donors (Lipinski definition) is 1.